The van der Waals surface area contributed by atoms with Gasteiger partial charge in [-0.05, 0) is 85.2 Å². The van der Waals surface area contributed by atoms with Crippen LogP contribution in [0.5, 0.6) is 5.75 Å². The molecule has 4 aliphatic rings. The van der Waals surface area contributed by atoms with E-state index < -0.39 is 0 Å². The third-order valence-electron chi connectivity index (χ3n) is 9.29. The molecular formula is C33H37BrN2O5. The van der Waals surface area contributed by atoms with Crippen LogP contribution in [0.15, 0.2) is 58.2 Å². The number of allylic oxidation sites excluding steroid dienone is 1. The molecule has 0 bridgehead atoms. The van der Waals surface area contributed by atoms with Crippen LogP contribution in [0.2, 0.25) is 0 Å². The lowest BCUT2D eigenvalue weighted by Crippen LogP contribution is -2.42. The van der Waals surface area contributed by atoms with Crippen molar-refractivity contribution < 1.29 is 24.2 Å². The van der Waals surface area contributed by atoms with E-state index in [9.17, 15) is 14.7 Å². The van der Waals surface area contributed by atoms with Crippen LogP contribution in [-0.4, -0.2) is 59.3 Å². The number of likely N-dealkylation sites (tertiary alicyclic amines) is 1. The number of phenols is 1. The topological polar surface area (TPSA) is 89.0 Å². The Bertz CT molecular complexity index is 1370. The molecule has 3 heterocycles. The van der Waals surface area contributed by atoms with Gasteiger partial charge in [-0.3, -0.25) is 19.5 Å². The van der Waals surface area contributed by atoms with Gasteiger partial charge in [-0.25, -0.2) is 0 Å². The number of carbonyl (C=O) groups excluding carboxylic acids is 2. The smallest absolute Gasteiger partial charge is 0.234 e. The zero-order chi connectivity index (χ0) is 28.5. The maximum Gasteiger partial charge on any atom is 0.234 e. The van der Waals surface area contributed by atoms with Crippen molar-refractivity contribution in [3.05, 3.63) is 69.5 Å². The fourth-order valence-corrected chi connectivity index (χ4v) is 7.82. The van der Waals surface area contributed by atoms with Gasteiger partial charge in [0, 0.05) is 35.3 Å². The minimum absolute atomic E-state index is 0.00863. The lowest BCUT2D eigenvalue weighted by molar-refractivity contribution is -0.143. The summed E-state index contributed by atoms with van der Waals surface area (Å²) in [7, 11) is 1.68. The molecular weight excluding hydrogens is 584 g/mol. The van der Waals surface area contributed by atoms with Crippen molar-refractivity contribution in [3.8, 4) is 5.75 Å². The number of fused-ring (bicyclic) bond motifs is 3. The van der Waals surface area contributed by atoms with E-state index >= 15 is 0 Å². The normalized spacial score (nSPS) is 27.0. The Morgan fingerprint density at radius 2 is 1.98 bits per heavy atom. The van der Waals surface area contributed by atoms with Crippen LogP contribution in [-0.2, 0) is 19.1 Å². The highest BCUT2D eigenvalue weighted by Crippen LogP contribution is 2.51. The standard InChI is InChI=1S/C33H37BrN2O5/c1-40-18-22-17-25-31(33(39)36(32(25)38)24-7-3-2-4-8-24)26-19-41-29(30(22)26)13-10-20(27-9-5-6-14-35-27)15-21-16-23(34)11-12-28(21)37/h5-6,9,11-12,14-16,24-26,29,31,37H,2-4,7-8,10,13,17-19H2,1H3/b20-15-/t25-,26+,29-,31-/m1/s1. The van der Waals surface area contributed by atoms with E-state index in [0.29, 0.717) is 38.0 Å². The molecule has 2 saturated heterocycles. The highest BCUT2D eigenvalue weighted by Gasteiger charge is 2.58. The number of hydrogen-bond donors (Lipinski definition) is 1. The van der Waals surface area contributed by atoms with Gasteiger partial charge < -0.3 is 14.6 Å². The zero-order valence-electron chi connectivity index (χ0n) is 23.4. The van der Waals surface area contributed by atoms with Crippen molar-refractivity contribution in [2.24, 2.45) is 17.8 Å². The minimum Gasteiger partial charge on any atom is -0.507 e. The second kappa shape index (κ2) is 12.2. The first-order chi connectivity index (χ1) is 20.0. The molecule has 2 aromatic rings. The molecule has 0 spiro atoms. The summed E-state index contributed by atoms with van der Waals surface area (Å²) in [6.45, 7) is 0.885. The van der Waals surface area contributed by atoms with Gasteiger partial charge in [0.05, 0.1) is 36.8 Å². The van der Waals surface area contributed by atoms with Crippen molar-refractivity contribution in [2.75, 3.05) is 20.3 Å². The molecule has 2 aliphatic carbocycles. The van der Waals surface area contributed by atoms with Crippen molar-refractivity contribution in [2.45, 2.75) is 63.5 Å². The summed E-state index contributed by atoms with van der Waals surface area (Å²) in [6, 6.07) is 11.2. The number of benzene rings is 1. The molecule has 0 unspecified atom stereocenters. The molecule has 7 nitrogen and oxygen atoms in total. The van der Waals surface area contributed by atoms with E-state index in [1.165, 1.54) is 6.42 Å². The number of halogens is 1. The first-order valence-corrected chi connectivity index (χ1v) is 15.5. The molecule has 1 aromatic heterocycles. The number of rotatable bonds is 8. The highest BCUT2D eigenvalue weighted by atomic mass is 79.9. The molecule has 2 amide bonds. The Morgan fingerprint density at radius 1 is 1.15 bits per heavy atom. The van der Waals surface area contributed by atoms with Crippen LogP contribution in [0, 0.1) is 17.8 Å². The summed E-state index contributed by atoms with van der Waals surface area (Å²) in [5.74, 6) is -0.519. The Kier molecular flexibility index (Phi) is 8.42. The van der Waals surface area contributed by atoms with E-state index in [0.717, 1.165) is 52.6 Å². The Labute approximate surface area is 249 Å². The summed E-state index contributed by atoms with van der Waals surface area (Å²) < 4.78 is 12.9. The molecule has 2 aliphatic heterocycles. The van der Waals surface area contributed by atoms with Gasteiger partial charge in [-0.15, -0.1) is 0 Å². The van der Waals surface area contributed by atoms with Crippen molar-refractivity contribution in [3.63, 3.8) is 0 Å². The Balaban J connectivity index is 1.27. The van der Waals surface area contributed by atoms with Gasteiger partial charge in [0.15, 0.2) is 0 Å². The molecule has 8 heteroatoms. The summed E-state index contributed by atoms with van der Waals surface area (Å²) in [4.78, 5) is 33.7. The summed E-state index contributed by atoms with van der Waals surface area (Å²) >= 11 is 3.51. The first-order valence-electron chi connectivity index (χ1n) is 14.8. The van der Waals surface area contributed by atoms with Crippen LogP contribution in [0.4, 0.5) is 0 Å². The molecule has 41 heavy (non-hydrogen) atoms. The summed E-state index contributed by atoms with van der Waals surface area (Å²) in [6.07, 6.45) is 10.7. The van der Waals surface area contributed by atoms with Gasteiger partial charge in [0.25, 0.3) is 0 Å². The summed E-state index contributed by atoms with van der Waals surface area (Å²) in [5.41, 5.74) is 4.81. The first kappa shape index (κ1) is 28.3. The van der Waals surface area contributed by atoms with Crippen LogP contribution < -0.4 is 0 Å². The zero-order valence-corrected chi connectivity index (χ0v) is 25.0. The maximum absolute atomic E-state index is 13.8. The second-order valence-corrected chi connectivity index (χ2v) is 12.6. The number of amides is 2. The molecule has 4 atom stereocenters. The van der Waals surface area contributed by atoms with E-state index in [2.05, 4.69) is 20.9 Å². The van der Waals surface area contributed by atoms with Crippen molar-refractivity contribution in [1.29, 1.82) is 0 Å². The third kappa shape index (κ3) is 5.54. The fourth-order valence-electron chi connectivity index (χ4n) is 7.45. The molecule has 1 aromatic carbocycles. The number of ether oxygens (including phenoxy) is 2. The highest BCUT2D eigenvalue weighted by molar-refractivity contribution is 9.10. The second-order valence-electron chi connectivity index (χ2n) is 11.7. The fraction of sp³-hybridized carbons (Fsp3) is 0.485. The predicted molar refractivity (Wildman–Crippen MR) is 160 cm³/mol. The Hall–Kier alpha value is -2.81. The van der Waals surface area contributed by atoms with E-state index in [4.69, 9.17) is 9.47 Å². The molecule has 6 rings (SSSR count). The Morgan fingerprint density at radius 3 is 2.73 bits per heavy atom. The largest absolute Gasteiger partial charge is 0.507 e. The van der Waals surface area contributed by atoms with Crippen LogP contribution in [0.25, 0.3) is 11.6 Å². The lowest BCUT2D eigenvalue weighted by Gasteiger charge is -2.31. The summed E-state index contributed by atoms with van der Waals surface area (Å²) in [5, 5.41) is 10.5. The van der Waals surface area contributed by atoms with E-state index in [1.54, 1.807) is 24.3 Å². The lowest BCUT2D eigenvalue weighted by atomic mass is 9.69. The van der Waals surface area contributed by atoms with Crippen LogP contribution >= 0.6 is 15.9 Å². The third-order valence-corrected chi connectivity index (χ3v) is 9.78. The number of phenolic OH excluding ortho intramolecular Hbond substituents is 1. The average molecular weight is 622 g/mol. The maximum atomic E-state index is 13.8. The van der Waals surface area contributed by atoms with E-state index in [-0.39, 0.29) is 47.5 Å². The van der Waals surface area contributed by atoms with Gasteiger partial charge >= 0.3 is 0 Å². The molecule has 0 radical (unpaired) electrons. The van der Waals surface area contributed by atoms with Crippen LogP contribution in [0.1, 0.15) is 62.6 Å². The number of imide groups is 1. The van der Waals surface area contributed by atoms with E-state index in [1.807, 2.05) is 36.4 Å². The number of pyridine rings is 1. The number of aromatic nitrogens is 1. The number of carbonyl (C=O) groups is 2. The monoisotopic (exact) mass is 620 g/mol. The van der Waals surface area contributed by atoms with Crippen LogP contribution in [0.3, 0.4) is 0 Å². The van der Waals surface area contributed by atoms with Gasteiger partial charge in [-0.1, -0.05) is 41.3 Å². The average Bonchev–Trinajstić information content (AvgIpc) is 3.52. The molecule has 1 N–H and O–H groups in total. The van der Waals surface area contributed by atoms with Gasteiger partial charge in [0.1, 0.15) is 5.75 Å². The van der Waals surface area contributed by atoms with Gasteiger partial charge in [0.2, 0.25) is 11.8 Å². The quantitative estimate of drug-likeness (QED) is 0.281. The number of hydrogen-bond acceptors (Lipinski definition) is 6. The molecule has 3 fully saturated rings. The predicted octanol–water partition coefficient (Wildman–Crippen LogP) is 6.17. The minimum atomic E-state index is -0.338. The van der Waals surface area contributed by atoms with Crippen molar-refractivity contribution in [1.82, 2.24) is 9.88 Å². The SMILES string of the molecule is COCC1=C2[C@@H](CC/C(=C/c3cc(Br)ccc3O)c3ccccn3)OC[C@@H]2[C@@H]2C(=O)N(C3CCCCC3)C(=O)[C@@H]2C1. The number of aromatic hydroxyl groups is 1. The number of nitrogens with zero attached hydrogens (tertiary/aromatic N) is 2. The van der Waals surface area contributed by atoms with Gasteiger partial charge in [-0.2, -0.15) is 0 Å². The van der Waals surface area contributed by atoms with Crippen molar-refractivity contribution >= 4 is 39.4 Å². The number of methoxy groups -OCH3 is 1. The molecule has 216 valence electrons. The molecule has 1 saturated carbocycles.